The highest BCUT2D eigenvalue weighted by Crippen LogP contribution is 2.23. The molecule has 0 aliphatic heterocycles. The van der Waals surface area contributed by atoms with Gasteiger partial charge in [-0.2, -0.15) is 0 Å². The van der Waals surface area contributed by atoms with Crippen molar-refractivity contribution in [3.8, 4) is 10.6 Å². The average Bonchev–Trinajstić information content (AvgIpc) is 3.23. The van der Waals surface area contributed by atoms with Gasteiger partial charge in [0.15, 0.2) is 0 Å². The van der Waals surface area contributed by atoms with Crippen molar-refractivity contribution in [1.82, 2.24) is 10.3 Å². The predicted octanol–water partition coefficient (Wildman–Crippen LogP) is 4.20. The van der Waals surface area contributed by atoms with Gasteiger partial charge >= 0.3 is 0 Å². The number of nitrogens with one attached hydrogen (secondary N) is 1. The minimum absolute atomic E-state index is 0.109. The van der Waals surface area contributed by atoms with E-state index in [-0.39, 0.29) is 5.91 Å². The number of nitrogens with zero attached hydrogens (tertiary/aromatic N) is 1. The van der Waals surface area contributed by atoms with Crippen LogP contribution in [0.25, 0.3) is 16.6 Å². The molecule has 0 aliphatic carbocycles. The zero-order chi connectivity index (χ0) is 15.2. The fourth-order valence-electron chi connectivity index (χ4n) is 1.88. The second-order valence-corrected chi connectivity index (χ2v) is 6.41. The van der Waals surface area contributed by atoms with E-state index in [1.165, 1.54) is 0 Å². The third kappa shape index (κ3) is 3.90. The van der Waals surface area contributed by atoms with E-state index in [1.54, 1.807) is 28.7 Å². The fraction of sp³-hybridized carbons (Fsp3) is 0.0588. The van der Waals surface area contributed by atoms with E-state index in [9.17, 15) is 4.79 Å². The van der Waals surface area contributed by atoms with Crippen LogP contribution in [-0.4, -0.2) is 10.9 Å². The van der Waals surface area contributed by atoms with Crippen molar-refractivity contribution >= 4 is 34.7 Å². The van der Waals surface area contributed by atoms with Crippen LogP contribution in [0.3, 0.4) is 0 Å². The summed E-state index contributed by atoms with van der Waals surface area (Å²) in [6.45, 7) is 0.441. The van der Waals surface area contributed by atoms with Gasteiger partial charge in [-0.15, -0.1) is 22.7 Å². The molecule has 2 aromatic heterocycles. The van der Waals surface area contributed by atoms with E-state index >= 15 is 0 Å². The highest BCUT2D eigenvalue weighted by Gasteiger charge is 2.05. The topological polar surface area (TPSA) is 42.0 Å². The van der Waals surface area contributed by atoms with Crippen molar-refractivity contribution < 1.29 is 4.79 Å². The summed E-state index contributed by atoms with van der Waals surface area (Å²) in [4.78, 5) is 17.4. The zero-order valence-corrected chi connectivity index (χ0v) is 13.4. The van der Waals surface area contributed by atoms with Crippen LogP contribution in [0, 0.1) is 0 Å². The van der Waals surface area contributed by atoms with Crippen LogP contribution in [0.15, 0.2) is 59.3 Å². The van der Waals surface area contributed by atoms with Gasteiger partial charge in [-0.1, -0.05) is 36.4 Å². The maximum absolute atomic E-state index is 11.8. The van der Waals surface area contributed by atoms with Gasteiger partial charge in [-0.3, -0.25) is 4.79 Å². The molecule has 0 unspecified atom stereocenters. The summed E-state index contributed by atoms with van der Waals surface area (Å²) in [5.74, 6) is -0.109. The molecular formula is C17H14N2OS2. The lowest BCUT2D eigenvalue weighted by atomic mass is 10.2. The van der Waals surface area contributed by atoms with Gasteiger partial charge in [0, 0.05) is 21.9 Å². The van der Waals surface area contributed by atoms with Crippen molar-refractivity contribution in [2.75, 3.05) is 0 Å². The number of carbonyl (C=O) groups excluding carboxylic acids is 1. The monoisotopic (exact) mass is 326 g/mol. The Morgan fingerprint density at radius 2 is 2.00 bits per heavy atom. The Labute approximate surface area is 137 Å². The Kier molecular flexibility index (Phi) is 4.78. The molecule has 1 amide bonds. The number of carbonyl (C=O) groups is 1. The first-order valence-corrected chi connectivity index (χ1v) is 8.56. The first-order chi connectivity index (χ1) is 10.8. The molecular weight excluding hydrogens is 312 g/mol. The number of amides is 1. The molecule has 0 bridgehead atoms. The number of hydrogen-bond acceptors (Lipinski definition) is 4. The largest absolute Gasteiger partial charge is 0.347 e. The lowest BCUT2D eigenvalue weighted by Crippen LogP contribution is -2.20. The number of thiophene rings is 1. The lowest BCUT2D eigenvalue weighted by molar-refractivity contribution is -0.116. The lowest BCUT2D eigenvalue weighted by Gasteiger charge is -1.98. The maximum Gasteiger partial charge on any atom is 0.244 e. The number of benzene rings is 1. The third-order valence-electron chi connectivity index (χ3n) is 2.96. The molecule has 0 radical (unpaired) electrons. The fourth-order valence-corrected chi connectivity index (χ4v) is 3.33. The molecule has 3 aromatic rings. The molecule has 0 aliphatic rings. The molecule has 1 aromatic carbocycles. The van der Waals surface area contributed by atoms with Crippen molar-refractivity contribution in [2.45, 2.75) is 6.54 Å². The number of aromatic nitrogens is 1. The number of rotatable bonds is 5. The van der Waals surface area contributed by atoms with Crippen molar-refractivity contribution in [3.05, 3.63) is 69.9 Å². The number of thiazole rings is 1. The van der Waals surface area contributed by atoms with E-state index < -0.39 is 0 Å². The summed E-state index contributed by atoms with van der Waals surface area (Å²) in [7, 11) is 0. The first-order valence-electron chi connectivity index (χ1n) is 6.80. The third-order valence-corrected chi connectivity index (χ3v) is 4.74. The molecule has 3 nitrogen and oxygen atoms in total. The van der Waals surface area contributed by atoms with E-state index in [0.29, 0.717) is 6.54 Å². The highest BCUT2D eigenvalue weighted by molar-refractivity contribution is 7.13. The smallest absolute Gasteiger partial charge is 0.244 e. The molecule has 5 heteroatoms. The summed E-state index contributed by atoms with van der Waals surface area (Å²) in [6.07, 6.45) is 3.37. The molecule has 0 spiro atoms. The van der Waals surface area contributed by atoms with Crippen molar-refractivity contribution in [3.63, 3.8) is 0 Å². The molecule has 1 N–H and O–H groups in total. The van der Waals surface area contributed by atoms with E-state index in [4.69, 9.17) is 0 Å². The van der Waals surface area contributed by atoms with E-state index in [1.807, 2.05) is 59.3 Å². The van der Waals surface area contributed by atoms with Crippen LogP contribution in [-0.2, 0) is 11.3 Å². The summed E-state index contributed by atoms with van der Waals surface area (Å²) in [6, 6.07) is 14.0. The van der Waals surface area contributed by atoms with Crippen LogP contribution in [0.4, 0.5) is 0 Å². The van der Waals surface area contributed by atoms with Gasteiger partial charge in [-0.25, -0.2) is 4.98 Å². The summed E-state index contributed by atoms with van der Waals surface area (Å²) >= 11 is 3.19. The normalized spacial score (nSPS) is 10.9. The molecule has 0 fully saturated rings. The molecule has 0 saturated heterocycles. The van der Waals surface area contributed by atoms with Crippen molar-refractivity contribution in [1.29, 1.82) is 0 Å². The minimum atomic E-state index is -0.109. The minimum Gasteiger partial charge on any atom is -0.347 e. The van der Waals surface area contributed by atoms with Crippen LogP contribution < -0.4 is 5.32 Å². The molecule has 0 atom stereocenters. The van der Waals surface area contributed by atoms with Crippen LogP contribution in [0.2, 0.25) is 0 Å². The summed E-state index contributed by atoms with van der Waals surface area (Å²) in [5.41, 5.74) is 1.98. The van der Waals surface area contributed by atoms with Gasteiger partial charge < -0.3 is 5.32 Å². The average molecular weight is 326 g/mol. The zero-order valence-electron chi connectivity index (χ0n) is 11.7. The highest BCUT2D eigenvalue weighted by atomic mass is 32.1. The van der Waals surface area contributed by atoms with Gasteiger partial charge in [0.1, 0.15) is 5.01 Å². The maximum atomic E-state index is 11.8. The standard InChI is InChI=1S/C17H14N2OS2/c20-16(9-8-15-7-4-10-21-15)18-11-14-12-22-17(19-14)13-5-2-1-3-6-13/h1-10,12H,11H2,(H,18,20)/b9-8+. The summed E-state index contributed by atoms with van der Waals surface area (Å²) in [5, 5.41) is 7.78. The van der Waals surface area contributed by atoms with Gasteiger partial charge in [0.25, 0.3) is 0 Å². The molecule has 3 rings (SSSR count). The van der Waals surface area contributed by atoms with Gasteiger partial charge in [-0.05, 0) is 17.5 Å². The Bertz CT molecular complexity index is 761. The first kappa shape index (κ1) is 14.7. The predicted molar refractivity (Wildman–Crippen MR) is 92.7 cm³/mol. The Hall–Kier alpha value is -2.24. The SMILES string of the molecule is O=C(/C=C/c1cccs1)NCc1csc(-c2ccccc2)n1. The molecule has 110 valence electrons. The van der Waals surface area contributed by atoms with Gasteiger partial charge in [0.2, 0.25) is 5.91 Å². The number of hydrogen-bond donors (Lipinski definition) is 1. The van der Waals surface area contributed by atoms with Crippen molar-refractivity contribution in [2.24, 2.45) is 0 Å². The summed E-state index contributed by atoms with van der Waals surface area (Å²) < 4.78 is 0. The van der Waals surface area contributed by atoms with E-state index in [2.05, 4.69) is 10.3 Å². The van der Waals surface area contributed by atoms with Crippen LogP contribution >= 0.6 is 22.7 Å². The Balaban J connectivity index is 1.56. The van der Waals surface area contributed by atoms with Crippen LogP contribution in [0.5, 0.6) is 0 Å². The second kappa shape index (κ2) is 7.15. The van der Waals surface area contributed by atoms with E-state index in [0.717, 1.165) is 21.1 Å². The van der Waals surface area contributed by atoms with Gasteiger partial charge in [0.05, 0.1) is 12.2 Å². The molecule has 2 heterocycles. The molecule has 0 saturated carbocycles. The second-order valence-electron chi connectivity index (χ2n) is 4.58. The Morgan fingerprint density at radius 3 is 2.77 bits per heavy atom. The quantitative estimate of drug-likeness (QED) is 0.714. The van der Waals surface area contributed by atoms with Crippen LogP contribution in [0.1, 0.15) is 10.6 Å². The Morgan fingerprint density at radius 1 is 1.14 bits per heavy atom. The molecule has 22 heavy (non-hydrogen) atoms.